The van der Waals surface area contributed by atoms with E-state index in [9.17, 15) is 0 Å². The van der Waals surface area contributed by atoms with Gasteiger partial charge in [0.1, 0.15) is 0 Å². The van der Waals surface area contributed by atoms with Crippen LogP contribution in [-0.4, -0.2) is 41.9 Å². The summed E-state index contributed by atoms with van der Waals surface area (Å²) in [6, 6.07) is 0.284. The van der Waals surface area contributed by atoms with Gasteiger partial charge in [0, 0.05) is 6.54 Å². The van der Waals surface area contributed by atoms with Crippen LogP contribution in [0.1, 0.15) is 45.3 Å². The Morgan fingerprint density at radius 1 is 1.40 bits per heavy atom. The number of rotatable bonds is 9. The highest BCUT2D eigenvalue weighted by molar-refractivity contribution is 6.31. The van der Waals surface area contributed by atoms with Crippen molar-refractivity contribution in [3.63, 3.8) is 0 Å². The van der Waals surface area contributed by atoms with E-state index in [-0.39, 0.29) is 6.04 Å². The minimum atomic E-state index is 0.284. The molecule has 0 aliphatic rings. The molecule has 2 atom stereocenters. The SMILES string of the molecule is CCNC(CC(C)CC)c1c(Cl)cnn1CCN(C)C. The van der Waals surface area contributed by atoms with Gasteiger partial charge in [0.25, 0.3) is 0 Å². The van der Waals surface area contributed by atoms with E-state index in [1.807, 2.05) is 0 Å². The predicted octanol–water partition coefficient (Wildman–Crippen LogP) is 3.18. The van der Waals surface area contributed by atoms with Crippen molar-refractivity contribution in [2.45, 2.75) is 46.2 Å². The monoisotopic (exact) mass is 300 g/mol. The zero-order chi connectivity index (χ0) is 15.1. The third-order valence-corrected chi connectivity index (χ3v) is 4.00. The van der Waals surface area contributed by atoms with Crippen LogP contribution in [0.15, 0.2) is 6.20 Å². The lowest BCUT2D eigenvalue weighted by molar-refractivity contribution is 0.348. The molecule has 116 valence electrons. The third kappa shape index (κ3) is 5.08. The molecule has 0 aliphatic heterocycles. The lowest BCUT2D eigenvalue weighted by atomic mass is 9.97. The Balaban J connectivity index is 2.90. The Hall–Kier alpha value is -0.580. The fourth-order valence-corrected chi connectivity index (χ4v) is 2.57. The molecule has 0 bridgehead atoms. The van der Waals surface area contributed by atoms with Gasteiger partial charge in [0.05, 0.1) is 29.5 Å². The Labute approximate surface area is 128 Å². The molecule has 2 unspecified atom stereocenters. The van der Waals surface area contributed by atoms with Crippen molar-refractivity contribution < 1.29 is 0 Å². The summed E-state index contributed by atoms with van der Waals surface area (Å²) in [7, 11) is 4.15. The first-order chi connectivity index (χ1) is 9.49. The summed E-state index contributed by atoms with van der Waals surface area (Å²) in [4.78, 5) is 2.16. The smallest absolute Gasteiger partial charge is 0.0834 e. The summed E-state index contributed by atoms with van der Waals surface area (Å²) in [6.45, 7) is 9.44. The maximum absolute atomic E-state index is 6.38. The van der Waals surface area contributed by atoms with E-state index in [0.29, 0.717) is 5.92 Å². The van der Waals surface area contributed by atoms with Crippen molar-refractivity contribution in [1.29, 1.82) is 0 Å². The molecule has 0 fully saturated rings. The van der Waals surface area contributed by atoms with Gasteiger partial charge in [-0.25, -0.2) is 0 Å². The molecule has 20 heavy (non-hydrogen) atoms. The summed E-state index contributed by atoms with van der Waals surface area (Å²) in [6.07, 6.45) is 4.05. The van der Waals surface area contributed by atoms with Crippen LogP contribution in [0, 0.1) is 5.92 Å². The van der Waals surface area contributed by atoms with E-state index < -0.39 is 0 Å². The zero-order valence-corrected chi connectivity index (χ0v) is 14.2. The van der Waals surface area contributed by atoms with E-state index in [4.69, 9.17) is 11.6 Å². The maximum atomic E-state index is 6.38. The summed E-state index contributed by atoms with van der Waals surface area (Å²) in [5.41, 5.74) is 1.13. The van der Waals surface area contributed by atoms with Gasteiger partial charge < -0.3 is 10.2 Å². The number of hydrogen-bond acceptors (Lipinski definition) is 3. The molecule has 5 heteroatoms. The molecule has 1 N–H and O–H groups in total. The molecule has 0 radical (unpaired) electrons. The number of nitrogens with zero attached hydrogens (tertiary/aromatic N) is 3. The first-order valence-corrected chi connectivity index (χ1v) is 7.96. The first kappa shape index (κ1) is 17.5. The van der Waals surface area contributed by atoms with Gasteiger partial charge in [0.2, 0.25) is 0 Å². The average molecular weight is 301 g/mol. The fraction of sp³-hybridized carbons (Fsp3) is 0.800. The minimum Gasteiger partial charge on any atom is -0.309 e. The molecule has 0 saturated carbocycles. The summed E-state index contributed by atoms with van der Waals surface area (Å²) < 4.78 is 2.05. The summed E-state index contributed by atoms with van der Waals surface area (Å²) >= 11 is 6.38. The van der Waals surface area contributed by atoms with Crippen LogP contribution in [0.2, 0.25) is 5.02 Å². The topological polar surface area (TPSA) is 33.1 Å². The average Bonchev–Trinajstić information content (AvgIpc) is 2.76. The van der Waals surface area contributed by atoms with Crippen molar-refractivity contribution in [3.8, 4) is 0 Å². The van der Waals surface area contributed by atoms with Crippen molar-refractivity contribution in [1.82, 2.24) is 20.0 Å². The second-order valence-electron chi connectivity index (χ2n) is 5.76. The Bertz CT molecular complexity index is 389. The Morgan fingerprint density at radius 3 is 2.65 bits per heavy atom. The quantitative estimate of drug-likeness (QED) is 0.760. The van der Waals surface area contributed by atoms with E-state index in [0.717, 1.165) is 36.8 Å². The van der Waals surface area contributed by atoms with Crippen LogP contribution < -0.4 is 5.32 Å². The van der Waals surface area contributed by atoms with Crippen molar-refractivity contribution >= 4 is 11.6 Å². The lowest BCUT2D eigenvalue weighted by Gasteiger charge is -2.23. The maximum Gasteiger partial charge on any atom is 0.0834 e. The van der Waals surface area contributed by atoms with Crippen LogP contribution in [0.4, 0.5) is 0 Å². The van der Waals surface area contributed by atoms with Crippen LogP contribution in [0.25, 0.3) is 0 Å². The molecule has 4 nitrogen and oxygen atoms in total. The molecule has 1 heterocycles. The molecular weight excluding hydrogens is 272 g/mol. The summed E-state index contributed by atoms with van der Waals surface area (Å²) in [5, 5.41) is 8.78. The Morgan fingerprint density at radius 2 is 2.10 bits per heavy atom. The van der Waals surface area contributed by atoms with Gasteiger partial charge in [-0.15, -0.1) is 0 Å². The standard InChI is InChI=1S/C15H29ClN4/c1-6-12(3)10-14(17-7-2)15-13(16)11-18-20(15)9-8-19(4)5/h11-12,14,17H,6-10H2,1-5H3. The van der Waals surface area contributed by atoms with Crippen LogP contribution in [-0.2, 0) is 6.54 Å². The van der Waals surface area contributed by atoms with E-state index in [1.165, 1.54) is 6.42 Å². The lowest BCUT2D eigenvalue weighted by Crippen LogP contribution is -2.28. The molecule has 1 aromatic rings. The molecule has 1 aromatic heterocycles. The fourth-order valence-electron chi connectivity index (χ4n) is 2.30. The third-order valence-electron chi connectivity index (χ3n) is 3.71. The van der Waals surface area contributed by atoms with Gasteiger partial charge in [-0.2, -0.15) is 5.10 Å². The largest absolute Gasteiger partial charge is 0.309 e. The zero-order valence-electron chi connectivity index (χ0n) is 13.5. The Kier molecular flexibility index (Phi) is 7.56. The minimum absolute atomic E-state index is 0.284. The van der Waals surface area contributed by atoms with Gasteiger partial charge >= 0.3 is 0 Å². The first-order valence-electron chi connectivity index (χ1n) is 7.58. The highest BCUT2D eigenvalue weighted by Gasteiger charge is 2.21. The number of hydrogen-bond donors (Lipinski definition) is 1. The molecule has 0 saturated heterocycles. The molecular formula is C15H29ClN4. The number of likely N-dealkylation sites (N-methyl/N-ethyl adjacent to an activating group) is 1. The highest BCUT2D eigenvalue weighted by atomic mass is 35.5. The number of nitrogens with one attached hydrogen (secondary N) is 1. The summed E-state index contributed by atoms with van der Waals surface area (Å²) in [5.74, 6) is 0.673. The van der Waals surface area contributed by atoms with Gasteiger partial charge in [-0.05, 0) is 33.0 Å². The number of halogens is 1. The van der Waals surface area contributed by atoms with Crippen molar-refractivity contribution in [3.05, 3.63) is 16.9 Å². The van der Waals surface area contributed by atoms with Gasteiger partial charge in [-0.3, -0.25) is 4.68 Å². The molecule has 1 rings (SSSR count). The van der Waals surface area contributed by atoms with E-state index in [2.05, 4.69) is 54.9 Å². The molecule has 0 aliphatic carbocycles. The predicted molar refractivity (Wildman–Crippen MR) is 86.3 cm³/mol. The van der Waals surface area contributed by atoms with E-state index >= 15 is 0 Å². The number of aromatic nitrogens is 2. The normalized spacial score (nSPS) is 14.8. The molecule has 0 spiro atoms. The van der Waals surface area contributed by atoms with Crippen LogP contribution in [0.5, 0.6) is 0 Å². The second-order valence-corrected chi connectivity index (χ2v) is 6.17. The van der Waals surface area contributed by atoms with Gasteiger partial charge in [-0.1, -0.05) is 38.8 Å². The second kappa shape index (κ2) is 8.65. The molecule has 0 amide bonds. The van der Waals surface area contributed by atoms with E-state index in [1.54, 1.807) is 6.20 Å². The van der Waals surface area contributed by atoms with Crippen molar-refractivity contribution in [2.75, 3.05) is 27.2 Å². The molecule has 0 aromatic carbocycles. The van der Waals surface area contributed by atoms with Crippen LogP contribution >= 0.6 is 11.6 Å². The van der Waals surface area contributed by atoms with Crippen molar-refractivity contribution in [2.24, 2.45) is 5.92 Å². The highest BCUT2D eigenvalue weighted by Crippen LogP contribution is 2.28. The van der Waals surface area contributed by atoms with Gasteiger partial charge in [0.15, 0.2) is 0 Å². The van der Waals surface area contributed by atoms with Crippen LogP contribution in [0.3, 0.4) is 0 Å².